The first-order valence-corrected chi connectivity index (χ1v) is 4.70. The van der Waals surface area contributed by atoms with Gasteiger partial charge in [-0.2, -0.15) is 0 Å². The van der Waals surface area contributed by atoms with Gasteiger partial charge >= 0.3 is 0 Å². The zero-order valence-corrected chi connectivity index (χ0v) is 8.12. The van der Waals surface area contributed by atoms with E-state index in [4.69, 9.17) is 4.74 Å². The first-order valence-electron chi connectivity index (χ1n) is 4.70. The molecule has 14 heavy (non-hydrogen) atoms. The van der Waals surface area contributed by atoms with Gasteiger partial charge in [0.05, 0.1) is 7.11 Å². The Morgan fingerprint density at radius 1 is 1.43 bits per heavy atom. The third-order valence-corrected chi connectivity index (χ3v) is 2.44. The van der Waals surface area contributed by atoms with Crippen molar-refractivity contribution in [1.29, 1.82) is 0 Å². The van der Waals surface area contributed by atoms with Gasteiger partial charge in [-0.05, 0) is 24.1 Å². The van der Waals surface area contributed by atoms with Crippen LogP contribution in [0.25, 0.3) is 0 Å². The third-order valence-electron chi connectivity index (χ3n) is 2.44. The van der Waals surface area contributed by atoms with E-state index in [2.05, 4.69) is 5.32 Å². The van der Waals surface area contributed by atoms with Crippen LogP contribution in [-0.4, -0.2) is 19.1 Å². The summed E-state index contributed by atoms with van der Waals surface area (Å²) in [5.74, 6) is 1.02. The van der Waals surface area contributed by atoms with E-state index < -0.39 is 0 Å². The molecule has 0 spiro atoms. The molecule has 1 N–H and O–H groups in total. The van der Waals surface area contributed by atoms with Gasteiger partial charge in [0.25, 0.3) is 0 Å². The molecule has 0 aliphatic carbocycles. The molecule has 74 valence electrons. The Bertz CT molecular complexity index is 324. The summed E-state index contributed by atoms with van der Waals surface area (Å²) in [6, 6.07) is 8.27. The number of carbonyl (C=O) groups is 1. The van der Waals surface area contributed by atoms with Gasteiger partial charge in [0.2, 0.25) is 5.91 Å². The molecular weight excluding hydrogens is 178 g/mol. The number of hydrogen-bond donors (Lipinski definition) is 1. The molecule has 0 aromatic heterocycles. The topological polar surface area (TPSA) is 38.3 Å². The molecule has 0 saturated carbocycles. The van der Waals surface area contributed by atoms with Crippen LogP contribution >= 0.6 is 0 Å². The van der Waals surface area contributed by atoms with Crippen LogP contribution in [0.4, 0.5) is 0 Å². The summed E-state index contributed by atoms with van der Waals surface area (Å²) in [7, 11) is 1.65. The average Bonchev–Trinajstić information content (AvgIpc) is 2.17. The zero-order valence-electron chi connectivity index (χ0n) is 8.12. The zero-order chi connectivity index (χ0) is 9.97. The van der Waals surface area contributed by atoms with Crippen LogP contribution in [0.1, 0.15) is 12.0 Å². The lowest BCUT2D eigenvalue weighted by molar-refractivity contribution is -0.128. The minimum Gasteiger partial charge on any atom is -0.497 e. The number of carbonyl (C=O) groups excluding carboxylic acids is 1. The van der Waals surface area contributed by atoms with Crippen LogP contribution in [0.15, 0.2) is 24.3 Å². The minimum atomic E-state index is 0.156. The lowest BCUT2D eigenvalue weighted by Gasteiger charge is -2.26. The fourth-order valence-corrected chi connectivity index (χ4v) is 1.60. The standard InChI is InChI=1S/C11H13NO2/c1-14-10-4-2-8(3-5-10)6-9-7-11(13)12-9/h2-5,9H,6-7H2,1H3,(H,12,13). The monoisotopic (exact) mass is 191 g/mol. The van der Waals surface area contributed by atoms with Crippen molar-refractivity contribution in [2.24, 2.45) is 0 Å². The van der Waals surface area contributed by atoms with Gasteiger partial charge in [-0.25, -0.2) is 0 Å². The van der Waals surface area contributed by atoms with Crippen LogP contribution in [0.2, 0.25) is 0 Å². The Morgan fingerprint density at radius 3 is 2.57 bits per heavy atom. The van der Waals surface area contributed by atoms with E-state index in [0.717, 1.165) is 12.2 Å². The first kappa shape index (κ1) is 9.06. The molecular formula is C11H13NO2. The molecule has 1 aliphatic heterocycles. The largest absolute Gasteiger partial charge is 0.497 e. The molecule has 0 radical (unpaired) electrons. The number of ether oxygens (including phenoxy) is 1. The number of nitrogens with one attached hydrogen (secondary N) is 1. The maximum atomic E-state index is 10.7. The number of methoxy groups -OCH3 is 1. The van der Waals surface area contributed by atoms with Crippen LogP contribution in [0, 0.1) is 0 Å². The molecule has 1 aliphatic rings. The van der Waals surface area contributed by atoms with Crippen LogP contribution in [-0.2, 0) is 11.2 Å². The smallest absolute Gasteiger partial charge is 0.222 e. The SMILES string of the molecule is COc1ccc(CC2CC(=O)N2)cc1. The van der Waals surface area contributed by atoms with Gasteiger partial charge in [-0.3, -0.25) is 4.79 Å². The van der Waals surface area contributed by atoms with Crippen molar-refractivity contribution in [3.8, 4) is 5.75 Å². The van der Waals surface area contributed by atoms with Gasteiger partial charge in [-0.1, -0.05) is 12.1 Å². The van der Waals surface area contributed by atoms with Crippen molar-refractivity contribution in [3.63, 3.8) is 0 Å². The summed E-state index contributed by atoms with van der Waals surface area (Å²) in [6.07, 6.45) is 1.57. The quantitative estimate of drug-likeness (QED) is 0.727. The van der Waals surface area contributed by atoms with Gasteiger partial charge < -0.3 is 10.1 Å². The summed E-state index contributed by atoms with van der Waals surface area (Å²) in [5.41, 5.74) is 1.23. The molecule has 1 aromatic rings. The van der Waals surface area contributed by atoms with Gasteiger partial charge in [-0.15, -0.1) is 0 Å². The molecule has 1 fully saturated rings. The van der Waals surface area contributed by atoms with Crippen molar-refractivity contribution in [2.45, 2.75) is 18.9 Å². The van der Waals surface area contributed by atoms with Crippen molar-refractivity contribution < 1.29 is 9.53 Å². The Kier molecular flexibility index (Phi) is 2.39. The molecule has 3 nitrogen and oxygen atoms in total. The van der Waals surface area contributed by atoms with E-state index in [0.29, 0.717) is 12.5 Å². The molecule has 1 atom stereocenters. The molecule has 3 heteroatoms. The highest BCUT2D eigenvalue weighted by atomic mass is 16.5. The van der Waals surface area contributed by atoms with Gasteiger partial charge in [0.1, 0.15) is 5.75 Å². The molecule has 1 unspecified atom stereocenters. The van der Waals surface area contributed by atoms with E-state index in [1.165, 1.54) is 5.56 Å². The summed E-state index contributed by atoms with van der Waals surface area (Å²) in [5, 5.41) is 2.85. The number of amides is 1. The molecule has 1 amide bonds. The normalized spacial score (nSPS) is 19.8. The highest BCUT2D eigenvalue weighted by molar-refractivity contribution is 5.82. The Labute approximate surface area is 83.1 Å². The van der Waals surface area contributed by atoms with Crippen molar-refractivity contribution in [3.05, 3.63) is 29.8 Å². The Balaban J connectivity index is 1.93. The molecule has 1 saturated heterocycles. The molecule has 1 aromatic carbocycles. The maximum Gasteiger partial charge on any atom is 0.222 e. The second kappa shape index (κ2) is 3.70. The van der Waals surface area contributed by atoms with E-state index in [1.807, 2.05) is 24.3 Å². The minimum absolute atomic E-state index is 0.156. The number of hydrogen-bond acceptors (Lipinski definition) is 2. The second-order valence-corrected chi connectivity index (χ2v) is 3.52. The van der Waals surface area contributed by atoms with E-state index in [9.17, 15) is 4.79 Å². The molecule has 1 heterocycles. The first-order chi connectivity index (χ1) is 6.78. The summed E-state index contributed by atoms with van der Waals surface area (Å²) < 4.78 is 5.06. The number of β-lactam (4-membered cyclic amide) rings is 1. The van der Waals surface area contributed by atoms with Crippen molar-refractivity contribution in [2.75, 3.05) is 7.11 Å². The van der Waals surface area contributed by atoms with Crippen LogP contribution < -0.4 is 10.1 Å². The second-order valence-electron chi connectivity index (χ2n) is 3.52. The van der Waals surface area contributed by atoms with Crippen molar-refractivity contribution >= 4 is 5.91 Å². The lowest BCUT2D eigenvalue weighted by atomic mass is 9.98. The Hall–Kier alpha value is -1.51. The average molecular weight is 191 g/mol. The van der Waals surface area contributed by atoms with Crippen molar-refractivity contribution in [1.82, 2.24) is 5.32 Å². The van der Waals surface area contributed by atoms with E-state index in [-0.39, 0.29) is 5.91 Å². The number of benzene rings is 1. The highest BCUT2D eigenvalue weighted by Crippen LogP contribution is 2.15. The predicted molar refractivity (Wildman–Crippen MR) is 53.2 cm³/mol. The fraction of sp³-hybridized carbons (Fsp3) is 0.364. The van der Waals surface area contributed by atoms with Gasteiger partial charge in [0.15, 0.2) is 0 Å². The van der Waals surface area contributed by atoms with Crippen LogP contribution in [0.3, 0.4) is 0 Å². The van der Waals surface area contributed by atoms with Crippen LogP contribution in [0.5, 0.6) is 5.75 Å². The Morgan fingerprint density at radius 2 is 2.07 bits per heavy atom. The number of rotatable bonds is 3. The fourth-order valence-electron chi connectivity index (χ4n) is 1.60. The van der Waals surface area contributed by atoms with Gasteiger partial charge in [0, 0.05) is 12.5 Å². The third kappa shape index (κ3) is 1.87. The summed E-state index contributed by atoms with van der Waals surface area (Å²) in [4.78, 5) is 10.7. The predicted octanol–water partition coefficient (Wildman–Crippen LogP) is 1.13. The highest BCUT2D eigenvalue weighted by Gasteiger charge is 2.24. The maximum absolute atomic E-state index is 10.7. The molecule has 2 rings (SSSR count). The molecule has 0 bridgehead atoms. The summed E-state index contributed by atoms with van der Waals surface area (Å²) in [6.45, 7) is 0. The van der Waals surface area contributed by atoms with E-state index >= 15 is 0 Å². The lowest BCUT2D eigenvalue weighted by Crippen LogP contribution is -2.49. The summed E-state index contributed by atoms with van der Waals surface area (Å²) >= 11 is 0. The van der Waals surface area contributed by atoms with E-state index in [1.54, 1.807) is 7.11 Å².